The van der Waals surface area contributed by atoms with Crippen LogP contribution >= 0.6 is 0 Å². The number of rotatable bonds is 5. The van der Waals surface area contributed by atoms with Crippen molar-refractivity contribution in [1.29, 1.82) is 0 Å². The van der Waals surface area contributed by atoms with Gasteiger partial charge in [-0.25, -0.2) is 4.68 Å². The van der Waals surface area contributed by atoms with Crippen LogP contribution < -0.4 is 10.9 Å². The Kier molecular flexibility index (Phi) is 5.24. The number of amides is 1. The van der Waals surface area contributed by atoms with Crippen molar-refractivity contribution in [1.82, 2.24) is 19.5 Å². The normalized spacial score (nSPS) is 15.9. The molecule has 3 heterocycles. The Morgan fingerprint density at radius 2 is 1.93 bits per heavy atom. The first kappa shape index (κ1) is 18.8. The predicted octanol–water partition coefficient (Wildman–Crippen LogP) is 3.48. The second-order valence-corrected chi connectivity index (χ2v) is 7.91. The standard InChI is InChI=1S/C21H28N4O3/c1-14-12-17-19(28-14)13-18-21(27)24(23-15(2)25(17)18)11-7-10-20(26)22-16-8-5-3-4-6-9-16/h12-13,16H,3-11H2,1-2H3,(H,22,26). The highest BCUT2D eigenvalue weighted by Crippen LogP contribution is 2.23. The first-order valence-electron chi connectivity index (χ1n) is 10.3. The van der Waals surface area contributed by atoms with Crippen molar-refractivity contribution in [2.45, 2.75) is 77.8 Å². The number of aryl methyl sites for hydroxylation is 3. The Balaban J connectivity index is 1.42. The number of furan rings is 1. The number of hydrogen-bond acceptors (Lipinski definition) is 4. The fourth-order valence-corrected chi connectivity index (χ4v) is 4.28. The summed E-state index contributed by atoms with van der Waals surface area (Å²) < 4.78 is 8.95. The van der Waals surface area contributed by atoms with E-state index in [1.165, 1.54) is 30.4 Å². The maximum Gasteiger partial charge on any atom is 0.291 e. The fourth-order valence-electron chi connectivity index (χ4n) is 4.28. The molecule has 0 unspecified atom stereocenters. The van der Waals surface area contributed by atoms with Crippen LogP contribution in [0.15, 0.2) is 21.3 Å². The molecule has 1 aliphatic rings. The summed E-state index contributed by atoms with van der Waals surface area (Å²) in [6.07, 6.45) is 8.11. The minimum atomic E-state index is -0.154. The molecular weight excluding hydrogens is 356 g/mol. The Bertz CT molecular complexity index is 1050. The topological polar surface area (TPSA) is 81.5 Å². The van der Waals surface area contributed by atoms with Crippen LogP contribution in [-0.2, 0) is 11.3 Å². The van der Waals surface area contributed by atoms with Crippen molar-refractivity contribution in [3.05, 3.63) is 34.1 Å². The molecule has 0 saturated heterocycles. The third-order valence-electron chi connectivity index (χ3n) is 5.65. The van der Waals surface area contributed by atoms with E-state index in [1.54, 1.807) is 6.07 Å². The highest BCUT2D eigenvalue weighted by Gasteiger charge is 2.16. The Hall–Kier alpha value is -2.57. The van der Waals surface area contributed by atoms with Crippen molar-refractivity contribution >= 4 is 22.5 Å². The van der Waals surface area contributed by atoms with E-state index in [4.69, 9.17) is 4.42 Å². The second kappa shape index (κ2) is 7.81. The number of hydrogen-bond donors (Lipinski definition) is 1. The summed E-state index contributed by atoms with van der Waals surface area (Å²) in [5.74, 6) is 1.62. The molecule has 1 aliphatic carbocycles. The Morgan fingerprint density at radius 3 is 2.68 bits per heavy atom. The molecular formula is C21H28N4O3. The molecule has 28 heavy (non-hydrogen) atoms. The van der Waals surface area contributed by atoms with Gasteiger partial charge in [-0.3, -0.25) is 14.0 Å². The highest BCUT2D eigenvalue weighted by molar-refractivity contribution is 5.83. The van der Waals surface area contributed by atoms with E-state index in [9.17, 15) is 9.59 Å². The van der Waals surface area contributed by atoms with E-state index in [-0.39, 0.29) is 11.5 Å². The highest BCUT2D eigenvalue weighted by atomic mass is 16.3. The van der Waals surface area contributed by atoms with Crippen molar-refractivity contribution < 1.29 is 9.21 Å². The first-order valence-corrected chi connectivity index (χ1v) is 10.3. The first-order chi connectivity index (χ1) is 13.5. The Labute approximate surface area is 163 Å². The average molecular weight is 384 g/mol. The molecule has 1 amide bonds. The lowest BCUT2D eigenvalue weighted by atomic mass is 10.1. The molecule has 0 bridgehead atoms. The minimum absolute atomic E-state index is 0.0772. The molecule has 3 aromatic rings. The van der Waals surface area contributed by atoms with Gasteiger partial charge in [-0.1, -0.05) is 25.7 Å². The zero-order valence-corrected chi connectivity index (χ0v) is 16.7. The molecule has 0 spiro atoms. The smallest absolute Gasteiger partial charge is 0.291 e. The van der Waals surface area contributed by atoms with Crippen LogP contribution in [0.3, 0.4) is 0 Å². The largest absolute Gasteiger partial charge is 0.460 e. The Morgan fingerprint density at radius 1 is 1.18 bits per heavy atom. The van der Waals surface area contributed by atoms with Crippen molar-refractivity contribution in [3.63, 3.8) is 0 Å². The fraction of sp³-hybridized carbons (Fsp3) is 0.571. The number of carbonyl (C=O) groups is 1. The van der Waals surface area contributed by atoms with Crippen LogP contribution in [0.5, 0.6) is 0 Å². The van der Waals surface area contributed by atoms with Crippen LogP contribution in [0, 0.1) is 13.8 Å². The molecule has 0 aromatic carbocycles. The number of fused-ring (bicyclic) bond motifs is 3. The lowest BCUT2D eigenvalue weighted by Gasteiger charge is -2.16. The lowest BCUT2D eigenvalue weighted by Crippen LogP contribution is -2.34. The van der Waals surface area contributed by atoms with Gasteiger partial charge in [0, 0.05) is 31.1 Å². The van der Waals surface area contributed by atoms with E-state index in [0.29, 0.717) is 36.5 Å². The molecule has 7 heteroatoms. The van der Waals surface area contributed by atoms with E-state index in [2.05, 4.69) is 10.4 Å². The van der Waals surface area contributed by atoms with Crippen LogP contribution in [0.1, 0.15) is 63.0 Å². The summed E-state index contributed by atoms with van der Waals surface area (Å²) in [5, 5.41) is 7.61. The molecule has 0 atom stereocenters. The predicted molar refractivity (Wildman–Crippen MR) is 108 cm³/mol. The van der Waals surface area contributed by atoms with Gasteiger partial charge >= 0.3 is 0 Å². The van der Waals surface area contributed by atoms with E-state index >= 15 is 0 Å². The van der Waals surface area contributed by atoms with E-state index < -0.39 is 0 Å². The molecule has 1 fully saturated rings. The molecule has 4 rings (SSSR count). The van der Waals surface area contributed by atoms with Crippen LogP contribution in [0.2, 0.25) is 0 Å². The van der Waals surface area contributed by atoms with Gasteiger partial charge in [-0.05, 0) is 33.1 Å². The quantitative estimate of drug-likeness (QED) is 0.683. The maximum atomic E-state index is 12.8. The molecule has 7 nitrogen and oxygen atoms in total. The number of carbonyl (C=O) groups excluding carboxylic acids is 1. The summed E-state index contributed by atoms with van der Waals surface area (Å²) in [6.45, 7) is 4.19. The number of nitrogens with zero attached hydrogens (tertiary/aromatic N) is 3. The molecule has 3 aromatic heterocycles. The summed E-state index contributed by atoms with van der Waals surface area (Å²) in [6, 6.07) is 4.00. The van der Waals surface area contributed by atoms with Gasteiger partial charge in [-0.2, -0.15) is 5.10 Å². The average Bonchev–Trinajstić information content (AvgIpc) is 3.05. The molecule has 1 saturated carbocycles. The van der Waals surface area contributed by atoms with Gasteiger partial charge in [0.2, 0.25) is 5.91 Å². The molecule has 0 aliphatic heterocycles. The minimum Gasteiger partial charge on any atom is -0.460 e. The van der Waals surface area contributed by atoms with Crippen LogP contribution in [0.4, 0.5) is 0 Å². The summed E-state index contributed by atoms with van der Waals surface area (Å²) >= 11 is 0. The monoisotopic (exact) mass is 384 g/mol. The zero-order valence-electron chi connectivity index (χ0n) is 16.7. The summed E-state index contributed by atoms with van der Waals surface area (Å²) in [5.41, 5.74) is 1.97. The summed E-state index contributed by atoms with van der Waals surface area (Å²) in [7, 11) is 0. The lowest BCUT2D eigenvalue weighted by molar-refractivity contribution is -0.122. The number of nitrogens with one attached hydrogen (secondary N) is 1. The van der Waals surface area contributed by atoms with Gasteiger partial charge < -0.3 is 9.73 Å². The number of aromatic nitrogens is 3. The van der Waals surface area contributed by atoms with Gasteiger partial charge in [0.25, 0.3) is 5.56 Å². The third-order valence-corrected chi connectivity index (χ3v) is 5.65. The van der Waals surface area contributed by atoms with Crippen LogP contribution in [0.25, 0.3) is 16.6 Å². The van der Waals surface area contributed by atoms with Gasteiger partial charge in [0.15, 0.2) is 5.58 Å². The van der Waals surface area contributed by atoms with Gasteiger partial charge in [0.1, 0.15) is 17.1 Å². The molecule has 1 N–H and O–H groups in total. The van der Waals surface area contributed by atoms with Gasteiger partial charge in [-0.15, -0.1) is 0 Å². The molecule has 150 valence electrons. The van der Waals surface area contributed by atoms with Crippen molar-refractivity contribution in [2.75, 3.05) is 0 Å². The molecule has 0 radical (unpaired) electrons. The van der Waals surface area contributed by atoms with E-state index in [1.807, 2.05) is 24.3 Å². The van der Waals surface area contributed by atoms with Crippen molar-refractivity contribution in [2.24, 2.45) is 0 Å². The SMILES string of the molecule is Cc1cc2c(cc3c(=O)n(CCCC(=O)NC4CCCCCC4)nc(C)n32)o1. The van der Waals surface area contributed by atoms with Crippen molar-refractivity contribution in [3.8, 4) is 0 Å². The third kappa shape index (κ3) is 3.70. The van der Waals surface area contributed by atoms with Crippen LogP contribution in [-0.4, -0.2) is 26.1 Å². The van der Waals surface area contributed by atoms with Gasteiger partial charge in [0.05, 0.1) is 5.52 Å². The van der Waals surface area contributed by atoms with E-state index in [0.717, 1.165) is 29.9 Å². The zero-order chi connectivity index (χ0) is 19.7. The maximum absolute atomic E-state index is 12.8. The summed E-state index contributed by atoms with van der Waals surface area (Å²) in [4.78, 5) is 25.1. The second-order valence-electron chi connectivity index (χ2n) is 7.91.